The van der Waals surface area contributed by atoms with E-state index in [1.165, 1.54) is 12.5 Å². The summed E-state index contributed by atoms with van der Waals surface area (Å²) in [5.74, 6) is -1.46. The SMILES string of the molecule is C=C1CC(COC(=O)/C=C/C(=O)OC2CCCCC2)=CC(=O)N1. The van der Waals surface area contributed by atoms with Crippen molar-refractivity contribution >= 4 is 17.8 Å². The average Bonchev–Trinajstić information content (AvgIpc) is 2.51. The third kappa shape index (κ3) is 6.10. The Morgan fingerprint density at radius 1 is 1.22 bits per heavy atom. The van der Waals surface area contributed by atoms with Gasteiger partial charge >= 0.3 is 11.9 Å². The quantitative estimate of drug-likeness (QED) is 0.618. The molecule has 0 spiro atoms. The van der Waals surface area contributed by atoms with Gasteiger partial charge in [0.2, 0.25) is 5.91 Å². The Balaban J connectivity index is 1.72. The Hall–Kier alpha value is -2.37. The van der Waals surface area contributed by atoms with Crippen LogP contribution < -0.4 is 5.32 Å². The molecule has 2 rings (SSSR count). The van der Waals surface area contributed by atoms with Crippen molar-refractivity contribution < 1.29 is 23.9 Å². The van der Waals surface area contributed by atoms with Crippen LogP contribution in [0.2, 0.25) is 0 Å². The van der Waals surface area contributed by atoms with E-state index in [0.29, 0.717) is 17.7 Å². The zero-order valence-corrected chi connectivity index (χ0v) is 13.0. The van der Waals surface area contributed by atoms with Crippen molar-refractivity contribution in [1.82, 2.24) is 5.32 Å². The molecule has 2 aliphatic rings. The number of hydrogen-bond acceptors (Lipinski definition) is 5. The summed E-state index contributed by atoms with van der Waals surface area (Å²) in [5, 5.41) is 2.55. The molecule has 1 saturated carbocycles. The van der Waals surface area contributed by atoms with Crippen molar-refractivity contribution in [3.05, 3.63) is 36.1 Å². The van der Waals surface area contributed by atoms with Gasteiger partial charge in [0.15, 0.2) is 0 Å². The fraction of sp³-hybridized carbons (Fsp3) is 0.471. The lowest BCUT2D eigenvalue weighted by atomic mass is 9.98. The maximum Gasteiger partial charge on any atom is 0.331 e. The highest BCUT2D eigenvalue weighted by molar-refractivity contribution is 5.92. The molecule has 0 bridgehead atoms. The summed E-state index contributed by atoms with van der Waals surface area (Å²) in [5.41, 5.74) is 1.22. The van der Waals surface area contributed by atoms with Crippen molar-refractivity contribution in [1.29, 1.82) is 0 Å². The summed E-state index contributed by atoms with van der Waals surface area (Å²) in [6, 6.07) is 0. The minimum atomic E-state index is -0.650. The summed E-state index contributed by atoms with van der Waals surface area (Å²) in [7, 11) is 0. The van der Waals surface area contributed by atoms with Crippen LogP contribution in [0.5, 0.6) is 0 Å². The fourth-order valence-corrected chi connectivity index (χ4v) is 2.59. The van der Waals surface area contributed by atoms with E-state index in [2.05, 4.69) is 11.9 Å². The minimum absolute atomic E-state index is 0.00666. The van der Waals surface area contributed by atoms with Gasteiger partial charge in [-0.3, -0.25) is 4.79 Å². The maximum absolute atomic E-state index is 11.6. The highest BCUT2D eigenvalue weighted by Crippen LogP contribution is 2.20. The third-order valence-electron chi connectivity index (χ3n) is 3.67. The van der Waals surface area contributed by atoms with Crippen molar-refractivity contribution in [2.45, 2.75) is 44.6 Å². The summed E-state index contributed by atoms with van der Waals surface area (Å²) < 4.78 is 10.3. The number of nitrogens with one attached hydrogen (secondary N) is 1. The second kappa shape index (κ2) is 8.31. The van der Waals surface area contributed by atoms with Gasteiger partial charge in [0.25, 0.3) is 0 Å². The molecule has 0 aromatic heterocycles. The molecule has 1 amide bonds. The number of carbonyl (C=O) groups is 3. The minimum Gasteiger partial charge on any atom is -0.459 e. The molecule has 6 nitrogen and oxygen atoms in total. The smallest absolute Gasteiger partial charge is 0.331 e. The normalized spacial score (nSPS) is 19.2. The number of allylic oxidation sites excluding steroid dienone is 1. The Morgan fingerprint density at radius 2 is 1.91 bits per heavy atom. The lowest BCUT2D eigenvalue weighted by Gasteiger charge is -2.20. The van der Waals surface area contributed by atoms with Crippen LogP contribution in [-0.4, -0.2) is 30.6 Å². The number of esters is 2. The van der Waals surface area contributed by atoms with E-state index < -0.39 is 11.9 Å². The standard InChI is InChI=1S/C17H21NO5/c1-12-9-13(10-15(19)18-12)11-22-16(20)7-8-17(21)23-14-5-3-2-4-6-14/h7-8,10,14H,1-6,9,11H2,(H,18,19)/b8-7+. The third-order valence-corrected chi connectivity index (χ3v) is 3.67. The first-order valence-electron chi connectivity index (χ1n) is 7.76. The van der Waals surface area contributed by atoms with E-state index >= 15 is 0 Å². The molecule has 0 saturated heterocycles. The largest absolute Gasteiger partial charge is 0.459 e. The van der Waals surface area contributed by atoms with Crippen LogP contribution in [0, 0.1) is 0 Å². The number of hydrogen-bond donors (Lipinski definition) is 1. The molecular weight excluding hydrogens is 298 g/mol. The topological polar surface area (TPSA) is 81.7 Å². The molecule has 0 aromatic rings. The molecule has 1 fully saturated rings. The van der Waals surface area contributed by atoms with Crippen molar-refractivity contribution in [2.75, 3.05) is 6.61 Å². The van der Waals surface area contributed by atoms with Crippen LogP contribution in [0.15, 0.2) is 36.1 Å². The van der Waals surface area contributed by atoms with E-state index in [0.717, 1.165) is 37.8 Å². The van der Waals surface area contributed by atoms with Gasteiger partial charge in [-0.2, -0.15) is 0 Å². The lowest BCUT2D eigenvalue weighted by Crippen LogP contribution is -2.26. The van der Waals surface area contributed by atoms with Crippen LogP contribution in [0.25, 0.3) is 0 Å². The molecule has 1 aliphatic carbocycles. The van der Waals surface area contributed by atoms with E-state index in [-0.39, 0.29) is 18.6 Å². The number of ether oxygens (including phenoxy) is 2. The van der Waals surface area contributed by atoms with Crippen molar-refractivity contribution in [2.24, 2.45) is 0 Å². The van der Waals surface area contributed by atoms with Crippen LogP contribution in [-0.2, 0) is 23.9 Å². The molecule has 0 unspecified atom stereocenters. The first kappa shape index (κ1) is 17.0. The van der Waals surface area contributed by atoms with Gasteiger partial charge < -0.3 is 14.8 Å². The Kier molecular flexibility index (Phi) is 6.14. The molecular formula is C17H21NO5. The van der Waals surface area contributed by atoms with Gasteiger partial charge in [0.05, 0.1) is 0 Å². The van der Waals surface area contributed by atoms with Gasteiger partial charge in [0, 0.05) is 30.3 Å². The molecule has 0 radical (unpaired) electrons. The predicted molar refractivity (Wildman–Crippen MR) is 83.0 cm³/mol. The highest BCUT2D eigenvalue weighted by atomic mass is 16.5. The first-order valence-corrected chi connectivity index (χ1v) is 7.76. The number of rotatable bonds is 5. The lowest BCUT2D eigenvalue weighted by molar-refractivity contribution is -0.145. The Morgan fingerprint density at radius 3 is 2.61 bits per heavy atom. The van der Waals surface area contributed by atoms with Crippen molar-refractivity contribution in [3.8, 4) is 0 Å². The summed E-state index contributed by atoms with van der Waals surface area (Å²) in [6.45, 7) is 3.66. The molecule has 124 valence electrons. The van der Waals surface area contributed by atoms with Gasteiger partial charge in [0.1, 0.15) is 12.7 Å². The number of carbonyl (C=O) groups excluding carboxylic acids is 3. The first-order chi connectivity index (χ1) is 11.0. The molecule has 23 heavy (non-hydrogen) atoms. The fourth-order valence-electron chi connectivity index (χ4n) is 2.59. The van der Waals surface area contributed by atoms with Crippen LogP contribution in [0.3, 0.4) is 0 Å². The van der Waals surface area contributed by atoms with E-state index in [1.54, 1.807) is 0 Å². The summed E-state index contributed by atoms with van der Waals surface area (Å²) in [6.07, 6.45) is 8.98. The van der Waals surface area contributed by atoms with E-state index in [1.807, 2.05) is 0 Å². The van der Waals surface area contributed by atoms with Gasteiger partial charge in [-0.1, -0.05) is 13.0 Å². The molecule has 1 N–H and O–H groups in total. The van der Waals surface area contributed by atoms with Gasteiger partial charge in [-0.15, -0.1) is 0 Å². The highest BCUT2D eigenvalue weighted by Gasteiger charge is 2.17. The second-order valence-electron chi connectivity index (χ2n) is 5.71. The average molecular weight is 319 g/mol. The van der Waals surface area contributed by atoms with Gasteiger partial charge in [-0.25, -0.2) is 9.59 Å². The zero-order chi connectivity index (χ0) is 16.7. The van der Waals surface area contributed by atoms with E-state index in [9.17, 15) is 14.4 Å². The summed E-state index contributed by atoms with van der Waals surface area (Å²) in [4.78, 5) is 34.5. The monoisotopic (exact) mass is 319 g/mol. The zero-order valence-electron chi connectivity index (χ0n) is 13.0. The Labute approximate surface area is 135 Å². The molecule has 1 heterocycles. The maximum atomic E-state index is 11.6. The number of amides is 1. The van der Waals surface area contributed by atoms with E-state index in [4.69, 9.17) is 9.47 Å². The molecule has 1 aliphatic heterocycles. The van der Waals surface area contributed by atoms with Crippen LogP contribution >= 0.6 is 0 Å². The molecule has 6 heteroatoms. The van der Waals surface area contributed by atoms with Crippen molar-refractivity contribution in [3.63, 3.8) is 0 Å². The molecule has 0 aromatic carbocycles. The Bertz CT molecular complexity index is 555. The summed E-state index contributed by atoms with van der Waals surface area (Å²) >= 11 is 0. The van der Waals surface area contributed by atoms with Gasteiger partial charge in [-0.05, 0) is 31.3 Å². The second-order valence-corrected chi connectivity index (χ2v) is 5.71. The van der Waals surface area contributed by atoms with Crippen LogP contribution in [0.4, 0.5) is 0 Å². The predicted octanol–water partition coefficient (Wildman–Crippen LogP) is 1.92. The molecule has 0 atom stereocenters. The van der Waals surface area contributed by atoms with Crippen LogP contribution in [0.1, 0.15) is 38.5 Å².